The van der Waals surface area contributed by atoms with Crippen LogP contribution in [0.4, 0.5) is 5.69 Å². The van der Waals surface area contributed by atoms with E-state index in [-0.39, 0.29) is 0 Å². The summed E-state index contributed by atoms with van der Waals surface area (Å²) in [6, 6.07) is 9.70. The van der Waals surface area contributed by atoms with Crippen molar-refractivity contribution in [1.29, 1.82) is 0 Å². The highest BCUT2D eigenvalue weighted by atomic mass is 32.1. The van der Waals surface area contributed by atoms with Crippen LogP contribution in [0.2, 0.25) is 0 Å². The van der Waals surface area contributed by atoms with Crippen molar-refractivity contribution in [2.45, 2.75) is 19.4 Å². The van der Waals surface area contributed by atoms with E-state index in [1.807, 2.05) is 23.5 Å². The van der Waals surface area contributed by atoms with Gasteiger partial charge >= 0.3 is 5.97 Å². The predicted molar refractivity (Wildman–Crippen MR) is 77.2 cm³/mol. The summed E-state index contributed by atoms with van der Waals surface area (Å²) in [5, 5.41) is 11.1. The number of carbonyl (C=O) groups is 1. The lowest BCUT2D eigenvalue weighted by Crippen LogP contribution is -2.33. The number of fused-ring (bicyclic) bond motifs is 1. The Hall–Kier alpha value is -1.81. The van der Waals surface area contributed by atoms with Gasteiger partial charge in [-0.05, 0) is 54.6 Å². The third kappa shape index (κ3) is 2.12. The maximum absolute atomic E-state index is 10.9. The SMILES string of the molecule is CC1c2ccsc2CCN1c1ccc(C(=O)O)cc1. The molecule has 0 saturated heterocycles. The first-order valence-corrected chi connectivity index (χ1v) is 7.21. The van der Waals surface area contributed by atoms with Crippen molar-refractivity contribution in [1.82, 2.24) is 0 Å². The average molecular weight is 273 g/mol. The molecule has 1 N–H and O–H groups in total. The molecule has 98 valence electrons. The van der Waals surface area contributed by atoms with E-state index >= 15 is 0 Å². The Kier molecular flexibility index (Phi) is 3.03. The molecule has 0 aliphatic carbocycles. The molecule has 0 amide bonds. The molecule has 3 rings (SSSR count). The van der Waals surface area contributed by atoms with E-state index in [9.17, 15) is 4.79 Å². The van der Waals surface area contributed by atoms with Crippen LogP contribution in [0.5, 0.6) is 0 Å². The second-order valence-electron chi connectivity index (χ2n) is 4.77. The Morgan fingerprint density at radius 3 is 2.74 bits per heavy atom. The van der Waals surface area contributed by atoms with Crippen molar-refractivity contribution in [3.63, 3.8) is 0 Å². The molecule has 1 aliphatic rings. The summed E-state index contributed by atoms with van der Waals surface area (Å²) < 4.78 is 0. The van der Waals surface area contributed by atoms with Gasteiger partial charge in [-0.2, -0.15) is 0 Å². The summed E-state index contributed by atoms with van der Waals surface area (Å²) in [7, 11) is 0. The van der Waals surface area contributed by atoms with Gasteiger partial charge in [0.15, 0.2) is 0 Å². The normalized spacial score (nSPS) is 18.2. The number of benzene rings is 1. The van der Waals surface area contributed by atoms with E-state index in [4.69, 9.17) is 5.11 Å². The zero-order chi connectivity index (χ0) is 13.4. The fraction of sp³-hybridized carbons (Fsp3) is 0.267. The average Bonchev–Trinajstić information content (AvgIpc) is 2.88. The van der Waals surface area contributed by atoms with Crippen LogP contribution in [0, 0.1) is 0 Å². The fourth-order valence-corrected chi connectivity index (χ4v) is 3.62. The van der Waals surface area contributed by atoms with Crippen molar-refractivity contribution < 1.29 is 9.90 Å². The molecular weight excluding hydrogens is 258 g/mol. The van der Waals surface area contributed by atoms with E-state index in [1.54, 1.807) is 12.1 Å². The van der Waals surface area contributed by atoms with Crippen molar-refractivity contribution in [2.24, 2.45) is 0 Å². The lowest BCUT2D eigenvalue weighted by Gasteiger charge is -2.35. The maximum Gasteiger partial charge on any atom is 0.335 e. The fourth-order valence-electron chi connectivity index (χ4n) is 2.66. The van der Waals surface area contributed by atoms with E-state index < -0.39 is 5.97 Å². The van der Waals surface area contributed by atoms with E-state index in [1.165, 1.54) is 10.4 Å². The topological polar surface area (TPSA) is 40.5 Å². The van der Waals surface area contributed by atoms with Gasteiger partial charge < -0.3 is 10.0 Å². The van der Waals surface area contributed by atoms with Crippen LogP contribution in [0.25, 0.3) is 0 Å². The monoisotopic (exact) mass is 273 g/mol. The van der Waals surface area contributed by atoms with Gasteiger partial charge in [0.05, 0.1) is 11.6 Å². The highest BCUT2D eigenvalue weighted by Gasteiger charge is 2.24. The molecule has 0 spiro atoms. The number of carboxylic acid groups (broad SMARTS) is 1. The van der Waals surface area contributed by atoms with Crippen LogP contribution in [-0.4, -0.2) is 17.6 Å². The Morgan fingerprint density at radius 2 is 2.05 bits per heavy atom. The van der Waals surface area contributed by atoms with Gasteiger partial charge in [0.2, 0.25) is 0 Å². The Bertz CT molecular complexity index is 603. The van der Waals surface area contributed by atoms with Crippen LogP contribution < -0.4 is 4.90 Å². The van der Waals surface area contributed by atoms with Gasteiger partial charge in [-0.15, -0.1) is 11.3 Å². The van der Waals surface area contributed by atoms with Crippen molar-refractivity contribution in [2.75, 3.05) is 11.4 Å². The standard InChI is InChI=1S/C15H15NO2S/c1-10-13-7-9-19-14(13)6-8-16(10)12-4-2-11(3-5-12)15(17)18/h2-5,7,9-10H,6,8H2,1H3,(H,17,18). The highest BCUT2D eigenvalue weighted by Crippen LogP contribution is 2.35. The summed E-state index contributed by atoms with van der Waals surface area (Å²) in [6.45, 7) is 3.19. The van der Waals surface area contributed by atoms with Gasteiger partial charge in [0.1, 0.15) is 0 Å². The molecule has 1 unspecified atom stereocenters. The van der Waals surface area contributed by atoms with Gasteiger partial charge in [0, 0.05) is 17.1 Å². The minimum atomic E-state index is -0.877. The predicted octanol–water partition coefficient (Wildman–Crippen LogP) is 3.57. The molecule has 1 aromatic carbocycles. The third-order valence-electron chi connectivity index (χ3n) is 3.72. The number of carboxylic acids is 1. The number of anilines is 1. The zero-order valence-corrected chi connectivity index (χ0v) is 11.5. The smallest absolute Gasteiger partial charge is 0.335 e. The van der Waals surface area contributed by atoms with E-state index in [2.05, 4.69) is 23.3 Å². The van der Waals surface area contributed by atoms with E-state index in [0.29, 0.717) is 11.6 Å². The largest absolute Gasteiger partial charge is 0.478 e. The Labute approximate surface area is 116 Å². The molecule has 1 aromatic heterocycles. The molecule has 1 aliphatic heterocycles. The molecule has 2 heterocycles. The number of nitrogens with zero attached hydrogens (tertiary/aromatic N) is 1. The van der Waals surface area contributed by atoms with E-state index in [0.717, 1.165) is 18.7 Å². The number of aromatic carboxylic acids is 1. The number of thiophene rings is 1. The van der Waals surface area contributed by atoms with Gasteiger partial charge in [-0.3, -0.25) is 0 Å². The molecule has 2 aromatic rings. The quantitative estimate of drug-likeness (QED) is 0.909. The first-order valence-electron chi connectivity index (χ1n) is 6.33. The van der Waals surface area contributed by atoms with Crippen LogP contribution in [0.15, 0.2) is 35.7 Å². The summed E-state index contributed by atoms with van der Waals surface area (Å²) in [6.07, 6.45) is 1.07. The molecule has 0 fully saturated rings. The molecular formula is C15H15NO2S. The maximum atomic E-state index is 10.9. The summed E-state index contributed by atoms with van der Waals surface area (Å²) in [5.41, 5.74) is 2.83. The van der Waals surface area contributed by atoms with Crippen LogP contribution in [-0.2, 0) is 6.42 Å². The second-order valence-corrected chi connectivity index (χ2v) is 5.77. The molecule has 1 atom stereocenters. The third-order valence-corrected chi connectivity index (χ3v) is 4.72. The van der Waals surface area contributed by atoms with Crippen molar-refractivity contribution in [3.8, 4) is 0 Å². The summed E-state index contributed by atoms with van der Waals surface area (Å²) in [5.74, 6) is -0.877. The van der Waals surface area contributed by atoms with Gasteiger partial charge in [0.25, 0.3) is 0 Å². The van der Waals surface area contributed by atoms with Crippen LogP contribution in [0.3, 0.4) is 0 Å². The molecule has 0 saturated carbocycles. The molecule has 3 nitrogen and oxygen atoms in total. The van der Waals surface area contributed by atoms with Crippen LogP contribution >= 0.6 is 11.3 Å². The molecule has 0 bridgehead atoms. The first-order chi connectivity index (χ1) is 9.16. The summed E-state index contributed by atoms with van der Waals surface area (Å²) >= 11 is 1.83. The Balaban J connectivity index is 1.89. The van der Waals surface area contributed by atoms with Crippen molar-refractivity contribution >= 4 is 23.0 Å². The summed E-state index contributed by atoms with van der Waals surface area (Å²) in [4.78, 5) is 14.7. The van der Waals surface area contributed by atoms with Crippen molar-refractivity contribution in [3.05, 3.63) is 51.7 Å². The number of rotatable bonds is 2. The Morgan fingerprint density at radius 1 is 1.32 bits per heavy atom. The number of hydrogen-bond acceptors (Lipinski definition) is 3. The minimum Gasteiger partial charge on any atom is -0.478 e. The highest BCUT2D eigenvalue weighted by molar-refractivity contribution is 7.10. The molecule has 19 heavy (non-hydrogen) atoms. The molecule has 0 radical (unpaired) electrons. The zero-order valence-electron chi connectivity index (χ0n) is 10.7. The first kappa shape index (κ1) is 12.2. The second kappa shape index (κ2) is 4.70. The van der Waals surface area contributed by atoms with Gasteiger partial charge in [-0.1, -0.05) is 0 Å². The van der Waals surface area contributed by atoms with Gasteiger partial charge in [-0.25, -0.2) is 4.79 Å². The minimum absolute atomic E-state index is 0.338. The number of hydrogen-bond donors (Lipinski definition) is 1. The lowest BCUT2D eigenvalue weighted by atomic mass is 10.0. The molecule has 4 heteroatoms. The van der Waals surface area contributed by atoms with Crippen LogP contribution in [0.1, 0.15) is 33.8 Å². The lowest BCUT2D eigenvalue weighted by molar-refractivity contribution is 0.0697.